The summed E-state index contributed by atoms with van der Waals surface area (Å²) >= 11 is 0. The molecular formula is C28H25BO3. The molecular weight excluding hydrogens is 395 g/mol. The first-order chi connectivity index (χ1) is 15.3. The number of fused-ring (bicyclic) bond motifs is 4. The molecule has 1 aromatic heterocycles. The zero-order valence-electron chi connectivity index (χ0n) is 18.8. The Morgan fingerprint density at radius 2 is 1.38 bits per heavy atom. The predicted molar refractivity (Wildman–Crippen MR) is 132 cm³/mol. The molecule has 5 aromatic rings. The standard InChI is InChI=1S/C28H25BO3/c1-27(2)28(3,4)32-29(31-27)20-13-15-25-24(17-20)23-14-12-19(16-26(23)30-25)22-11-7-9-18-8-5-6-10-21(18)22/h5-17H,1-4H3. The maximum atomic E-state index is 6.25. The number of benzene rings is 4. The van der Waals surface area contributed by atoms with Crippen molar-refractivity contribution in [3.63, 3.8) is 0 Å². The van der Waals surface area contributed by atoms with Gasteiger partial charge < -0.3 is 13.7 Å². The Kier molecular flexibility index (Phi) is 4.11. The van der Waals surface area contributed by atoms with Crippen LogP contribution in [0.5, 0.6) is 0 Å². The van der Waals surface area contributed by atoms with E-state index in [0.29, 0.717) is 0 Å². The summed E-state index contributed by atoms with van der Waals surface area (Å²) in [5.41, 5.74) is 4.41. The molecule has 0 saturated carbocycles. The van der Waals surface area contributed by atoms with Gasteiger partial charge in [-0.25, -0.2) is 0 Å². The van der Waals surface area contributed by atoms with Crippen LogP contribution in [-0.2, 0) is 9.31 Å². The second kappa shape index (κ2) is 6.71. The Morgan fingerprint density at radius 1 is 0.625 bits per heavy atom. The van der Waals surface area contributed by atoms with E-state index in [9.17, 15) is 0 Å². The monoisotopic (exact) mass is 420 g/mol. The maximum Gasteiger partial charge on any atom is 0.494 e. The summed E-state index contributed by atoms with van der Waals surface area (Å²) in [6, 6.07) is 27.6. The van der Waals surface area contributed by atoms with Gasteiger partial charge in [0, 0.05) is 10.8 Å². The van der Waals surface area contributed by atoms with Gasteiger partial charge in [-0.2, -0.15) is 0 Å². The lowest BCUT2D eigenvalue weighted by atomic mass is 9.78. The van der Waals surface area contributed by atoms with Crippen LogP contribution < -0.4 is 5.46 Å². The number of furan rings is 1. The quantitative estimate of drug-likeness (QED) is 0.298. The third-order valence-corrected chi connectivity index (χ3v) is 7.12. The molecule has 1 aliphatic rings. The first-order valence-corrected chi connectivity index (χ1v) is 11.1. The van der Waals surface area contributed by atoms with Crippen molar-refractivity contribution in [2.45, 2.75) is 38.9 Å². The molecule has 0 spiro atoms. The molecule has 3 nitrogen and oxygen atoms in total. The van der Waals surface area contributed by atoms with E-state index in [-0.39, 0.29) is 18.3 Å². The zero-order chi connectivity index (χ0) is 22.1. The Hall–Kier alpha value is -3.08. The molecule has 32 heavy (non-hydrogen) atoms. The average molecular weight is 420 g/mol. The first-order valence-electron chi connectivity index (χ1n) is 11.1. The van der Waals surface area contributed by atoms with E-state index in [1.807, 2.05) is 12.1 Å². The van der Waals surface area contributed by atoms with Gasteiger partial charge in [0.2, 0.25) is 0 Å². The minimum absolute atomic E-state index is 0.363. The van der Waals surface area contributed by atoms with E-state index < -0.39 is 0 Å². The van der Waals surface area contributed by atoms with Gasteiger partial charge >= 0.3 is 7.12 Å². The second-order valence-corrected chi connectivity index (χ2v) is 9.68. The van der Waals surface area contributed by atoms with Crippen LogP contribution in [0, 0.1) is 0 Å². The Balaban J connectivity index is 1.45. The number of hydrogen-bond acceptors (Lipinski definition) is 3. The largest absolute Gasteiger partial charge is 0.494 e. The summed E-state index contributed by atoms with van der Waals surface area (Å²) in [5, 5.41) is 4.66. The third-order valence-electron chi connectivity index (χ3n) is 7.12. The lowest BCUT2D eigenvalue weighted by molar-refractivity contribution is 0.00578. The van der Waals surface area contributed by atoms with Crippen LogP contribution in [0.15, 0.2) is 83.3 Å². The minimum atomic E-state index is -0.385. The fourth-order valence-corrected chi connectivity index (χ4v) is 4.57. The van der Waals surface area contributed by atoms with Crippen molar-refractivity contribution >= 4 is 45.3 Å². The molecule has 4 heteroatoms. The lowest BCUT2D eigenvalue weighted by Crippen LogP contribution is -2.41. The van der Waals surface area contributed by atoms with Gasteiger partial charge in [0.1, 0.15) is 11.2 Å². The molecule has 2 heterocycles. The van der Waals surface area contributed by atoms with Gasteiger partial charge in [-0.05, 0) is 73.3 Å². The Morgan fingerprint density at radius 3 is 2.19 bits per heavy atom. The van der Waals surface area contributed by atoms with Crippen LogP contribution in [0.1, 0.15) is 27.7 Å². The topological polar surface area (TPSA) is 31.6 Å². The van der Waals surface area contributed by atoms with E-state index >= 15 is 0 Å². The van der Waals surface area contributed by atoms with Gasteiger partial charge in [0.15, 0.2) is 0 Å². The summed E-state index contributed by atoms with van der Waals surface area (Å²) in [6.07, 6.45) is 0. The molecule has 0 radical (unpaired) electrons. The summed E-state index contributed by atoms with van der Waals surface area (Å²) in [4.78, 5) is 0. The average Bonchev–Trinajstić information content (AvgIpc) is 3.25. The normalized spacial score (nSPS) is 17.6. The van der Waals surface area contributed by atoms with Gasteiger partial charge in [-0.3, -0.25) is 0 Å². The second-order valence-electron chi connectivity index (χ2n) is 9.68. The Labute approximate surface area is 188 Å². The van der Waals surface area contributed by atoms with Crippen LogP contribution in [0.2, 0.25) is 0 Å². The molecule has 4 aromatic carbocycles. The molecule has 1 saturated heterocycles. The van der Waals surface area contributed by atoms with E-state index in [1.54, 1.807) is 0 Å². The lowest BCUT2D eigenvalue weighted by Gasteiger charge is -2.32. The highest BCUT2D eigenvalue weighted by Gasteiger charge is 2.51. The molecule has 0 aliphatic carbocycles. The van der Waals surface area contributed by atoms with Crippen molar-refractivity contribution in [2.75, 3.05) is 0 Å². The maximum absolute atomic E-state index is 6.25. The summed E-state index contributed by atoms with van der Waals surface area (Å²) in [7, 11) is -0.385. The predicted octanol–water partition coefficient (Wildman–Crippen LogP) is 6.71. The highest BCUT2D eigenvalue weighted by Crippen LogP contribution is 2.38. The molecule has 0 atom stereocenters. The van der Waals surface area contributed by atoms with Crippen molar-refractivity contribution in [2.24, 2.45) is 0 Å². The molecule has 6 rings (SSSR count). The van der Waals surface area contributed by atoms with Crippen LogP contribution in [-0.4, -0.2) is 18.3 Å². The van der Waals surface area contributed by atoms with E-state index in [2.05, 4.69) is 94.4 Å². The summed E-state index contributed by atoms with van der Waals surface area (Å²) in [5.74, 6) is 0. The van der Waals surface area contributed by atoms with Gasteiger partial charge in [-0.1, -0.05) is 60.7 Å². The van der Waals surface area contributed by atoms with Crippen molar-refractivity contribution < 1.29 is 13.7 Å². The molecule has 158 valence electrons. The van der Waals surface area contributed by atoms with E-state index in [4.69, 9.17) is 13.7 Å². The molecule has 1 aliphatic heterocycles. The summed E-state index contributed by atoms with van der Waals surface area (Å²) in [6.45, 7) is 8.31. The number of hydrogen-bond donors (Lipinski definition) is 0. The van der Waals surface area contributed by atoms with E-state index in [1.165, 1.54) is 16.3 Å². The smallest absolute Gasteiger partial charge is 0.456 e. The minimum Gasteiger partial charge on any atom is -0.456 e. The fourth-order valence-electron chi connectivity index (χ4n) is 4.57. The van der Waals surface area contributed by atoms with Crippen molar-refractivity contribution in [3.05, 3.63) is 78.9 Å². The van der Waals surface area contributed by atoms with Crippen LogP contribution in [0.3, 0.4) is 0 Å². The highest BCUT2D eigenvalue weighted by molar-refractivity contribution is 6.62. The SMILES string of the molecule is CC1(C)OB(c2ccc3oc4cc(-c5cccc6ccccc56)ccc4c3c2)OC1(C)C. The highest BCUT2D eigenvalue weighted by atomic mass is 16.7. The molecule has 0 amide bonds. The third kappa shape index (κ3) is 2.91. The van der Waals surface area contributed by atoms with Crippen LogP contribution in [0.25, 0.3) is 43.8 Å². The molecule has 0 N–H and O–H groups in total. The fraction of sp³-hybridized carbons (Fsp3) is 0.214. The first kappa shape index (κ1) is 19.6. The zero-order valence-corrected chi connectivity index (χ0v) is 18.8. The molecule has 0 unspecified atom stereocenters. The van der Waals surface area contributed by atoms with Gasteiger partial charge in [-0.15, -0.1) is 0 Å². The van der Waals surface area contributed by atoms with Crippen LogP contribution in [0.4, 0.5) is 0 Å². The van der Waals surface area contributed by atoms with Gasteiger partial charge in [0.05, 0.1) is 11.2 Å². The molecule has 0 bridgehead atoms. The van der Waals surface area contributed by atoms with Gasteiger partial charge in [0.25, 0.3) is 0 Å². The number of rotatable bonds is 2. The van der Waals surface area contributed by atoms with Crippen molar-refractivity contribution in [1.82, 2.24) is 0 Å². The van der Waals surface area contributed by atoms with Crippen molar-refractivity contribution in [1.29, 1.82) is 0 Å². The molecule has 1 fully saturated rings. The van der Waals surface area contributed by atoms with Crippen LogP contribution >= 0.6 is 0 Å². The van der Waals surface area contributed by atoms with E-state index in [0.717, 1.165) is 33.0 Å². The summed E-state index contributed by atoms with van der Waals surface area (Å²) < 4.78 is 18.7. The Bertz CT molecular complexity index is 1470. The van der Waals surface area contributed by atoms with Crippen molar-refractivity contribution in [3.8, 4) is 11.1 Å².